The zero-order valence-corrected chi connectivity index (χ0v) is 8.56. The SMILES string of the molecule is C[CH]C(C)NC(=O)C(C)(C)NC. The summed E-state index contributed by atoms with van der Waals surface area (Å²) in [4.78, 5) is 11.5. The Hall–Kier alpha value is -0.570. The number of amides is 1. The van der Waals surface area contributed by atoms with Gasteiger partial charge in [-0.3, -0.25) is 4.79 Å². The van der Waals surface area contributed by atoms with Crippen molar-refractivity contribution in [3.63, 3.8) is 0 Å². The van der Waals surface area contributed by atoms with E-state index in [1.807, 2.05) is 34.1 Å². The minimum absolute atomic E-state index is 0.0237. The highest BCUT2D eigenvalue weighted by Gasteiger charge is 2.25. The van der Waals surface area contributed by atoms with Gasteiger partial charge in [0.1, 0.15) is 0 Å². The molecule has 0 saturated heterocycles. The Balaban J connectivity index is 4.03. The third-order valence-corrected chi connectivity index (χ3v) is 2.05. The molecule has 0 aliphatic rings. The van der Waals surface area contributed by atoms with Gasteiger partial charge in [-0.2, -0.15) is 0 Å². The highest BCUT2D eigenvalue weighted by atomic mass is 16.2. The fourth-order valence-electron chi connectivity index (χ4n) is 0.584. The highest BCUT2D eigenvalue weighted by Crippen LogP contribution is 2.01. The van der Waals surface area contributed by atoms with Crippen LogP contribution in [0.25, 0.3) is 0 Å². The molecule has 0 aliphatic heterocycles. The van der Waals surface area contributed by atoms with Gasteiger partial charge in [0, 0.05) is 6.04 Å². The van der Waals surface area contributed by atoms with Crippen molar-refractivity contribution in [3.05, 3.63) is 6.42 Å². The maximum Gasteiger partial charge on any atom is 0.239 e. The number of rotatable bonds is 4. The lowest BCUT2D eigenvalue weighted by atomic mass is 10.0. The molecule has 71 valence electrons. The summed E-state index contributed by atoms with van der Waals surface area (Å²) >= 11 is 0. The predicted molar refractivity (Wildman–Crippen MR) is 50.7 cm³/mol. The van der Waals surface area contributed by atoms with E-state index >= 15 is 0 Å². The van der Waals surface area contributed by atoms with Crippen LogP contribution in [0, 0.1) is 6.42 Å². The van der Waals surface area contributed by atoms with E-state index in [4.69, 9.17) is 0 Å². The molecule has 1 atom stereocenters. The van der Waals surface area contributed by atoms with Crippen LogP contribution < -0.4 is 10.6 Å². The van der Waals surface area contributed by atoms with Crippen LogP contribution in [0.2, 0.25) is 0 Å². The van der Waals surface area contributed by atoms with E-state index < -0.39 is 5.54 Å². The van der Waals surface area contributed by atoms with Crippen molar-refractivity contribution < 1.29 is 4.79 Å². The Kier molecular flexibility index (Phi) is 4.24. The second-order valence-electron chi connectivity index (χ2n) is 3.47. The van der Waals surface area contributed by atoms with Crippen molar-refractivity contribution in [1.82, 2.24) is 10.6 Å². The molecule has 1 unspecified atom stereocenters. The summed E-state index contributed by atoms with van der Waals surface area (Å²) in [5, 5.41) is 5.81. The third-order valence-electron chi connectivity index (χ3n) is 2.05. The molecule has 0 saturated carbocycles. The molecule has 0 spiro atoms. The summed E-state index contributed by atoms with van der Waals surface area (Å²) in [5.74, 6) is 0.0237. The van der Waals surface area contributed by atoms with Crippen molar-refractivity contribution in [2.45, 2.75) is 39.3 Å². The molecule has 0 rings (SSSR count). The average molecular weight is 171 g/mol. The standard InChI is InChI=1S/C9H19N2O/c1-6-7(2)11-8(12)9(3,4)10-5/h6-7,10H,1-5H3,(H,11,12). The Bertz CT molecular complexity index is 155. The quantitative estimate of drug-likeness (QED) is 0.654. The number of hydrogen-bond donors (Lipinski definition) is 2. The fraction of sp³-hybridized carbons (Fsp3) is 0.778. The van der Waals surface area contributed by atoms with Crippen LogP contribution in [-0.4, -0.2) is 24.5 Å². The van der Waals surface area contributed by atoms with Crippen LogP contribution in [0.5, 0.6) is 0 Å². The first-order chi connectivity index (χ1) is 5.44. The van der Waals surface area contributed by atoms with Crippen LogP contribution in [-0.2, 0) is 4.79 Å². The second-order valence-corrected chi connectivity index (χ2v) is 3.47. The minimum atomic E-state index is -0.489. The number of carbonyl (C=O) groups excluding carboxylic acids is 1. The summed E-state index contributed by atoms with van der Waals surface area (Å²) in [6.45, 7) is 7.58. The smallest absolute Gasteiger partial charge is 0.239 e. The first-order valence-electron chi connectivity index (χ1n) is 4.23. The van der Waals surface area contributed by atoms with Crippen LogP contribution in [0.4, 0.5) is 0 Å². The maximum atomic E-state index is 11.5. The molecule has 3 heteroatoms. The molecule has 0 heterocycles. The van der Waals surface area contributed by atoms with Crippen molar-refractivity contribution in [1.29, 1.82) is 0 Å². The molecule has 0 fully saturated rings. The first-order valence-corrected chi connectivity index (χ1v) is 4.23. The largest absolute Gasteiger partial charge is 0.352 e. The van der Waals surface area contributed by atoms with Crippen LogP contribution in [0.1, 0.15) is 27.7 Å². The maximum absolute atomic E-state index is 11.5. The van der Waals surface area contributed by atoms with Crippen LogP contribution in [0.3, 0.4) is 0 Å². The molecule has 3 nitrogen and oxygen atoms in total. The van der Waals surface area contributed by atoms with Crippen molar-refractivity contribution in [2.24, 2.45) is 0 Å². The molecule has 0 bridgehead atoms. The van der Waals surface area contributed by atoms with Crippen molar-refractivity contribution in [2.75, 3.05) is 7.05 Å². The lowest BCUT2D eigenvalue weighted by Crippen LogP contribution is -2.53. The molecule has 12 heavy (non-hydrogen) atoms. The van der Waals surface area contributed by atoms with E-state index in [0.29, 0.717) is 0 Å². The molecular formula is C9H19N2O. The fourth-order valence-corrected chi connectivity index (χ4v) is 0.584. The van der Waals surface area contributed by atoms with Gasteiger partial charge in [0.15, 0.2) is 0 Å². The van der Waals surface area contributed by atoms with E-state index in [1.54, 1.807) is 7.05 Å². The van der Waals surface area contributed by atoms with Gasteiger partial charge in [0.25, 0.3) is 0 Å². The zero-order chi connectivity index (χ0) is 9.78. The summed E-state index contributed by atoms with van der Waals surface area (Å²) in [6, 6.07) is 0.130. The molecule has 0 aliphatic carbocycles. The number of likely N-dealkylation sites (N-methyl/N-ethyl adjacent to an activating group) is 1. The molecule has 1 radical (unpaired) electrons. The summed E-state index contributed by atoms with van der Waals surface area (Å²) < 4.78 is 0. The van der Waals surface area contributed by atoms with E-state index in [0.717, 1.165) is 0 Å². The molecule has 1 amide bonds. The molecular weight excluding hydrogens is 152 g/mol. The molecule has 2 N–H and O–H groups in total. The lowest BCUT2D eigenvalue weighted by molar-refractivity contribution is -0.126. The lowest BCUT2D eigenvalue weighted by Gasteiger charge is -2.24. The van der Waals surface area contributed by atoms with E-state index in [2.05, 4.69) is 10.6 Å². The minimum Gasteiger partial charge on any atom is -0.352 e. The van der Waals surface area contributed by atoms with Gasteiger partial charge in [-0.25, -0.2) is 0 Å². The van der Waals surface area contributed by atoms with Crippen LogP contribution in [0.15, 0.2) is 0 Å². The van der Waals surface area contributed by atoms with Crippen molar-refractivity contribution >= 4 is 5.91 Å². The van der Waals surface area contributed by atoms with E-state index in [9.17, 15) is 4.79 Å². The van der Waals surface area contributed by atoms with Gasteiger partial charge < -0.3 is 10.6 Å². The zero-order valence-electron chi connectivity index (χ0n) is 8.56. The van der Waals surface area contributed by atoms with Gasteiger partial charge in [0.2, 0.25) is 5.91 Å². The van der Waals surface area contributed by atoms with Gasteiger partial charge >= 0.3 is 0 Å². The number of carbonyl (C=O) groups is 1. The molecule has 0 aromatic heterocycles. The Morgan fingerprint density at radius 1 is 1.50 bits per heavy atom. The van der Waals surface area contributed by atoms with E-state index in [-0.39, 0.29) is 11.9 Å². The van der Waals surface area contributed by atoms with Crippen molar-refractivity contribution in [3.8, 4) is 0 Å². The van der Waals surface area contributed by atoms with E-state index in [1.165, 1.54) is 0 Å². The van der Waals surface area contributed by atoms with Gasteiger partial charge in [0.05, 0.1) is 5.54 Å². The summed E-state index contributed by atoms with van der Waals surface area (Å²) in [7, 11) is 1.78. The van der Waals surface area contributed by atoms with Crippen LogP contribution >= 0.6 is 0 Å². The monoisotopic (exact) mass is 171 g/mol. The second kappa shape index (κ2) is 4.45. The highest BCUT2D eigenvalue weighted by molar-refractivity contribution is 5.85. The summed E-state index contributed by atoms with van der Waals surface area (Å²) in [6.07, 6.45) is 1.95. The topological polar surface area (TPSA) is 41.1 Å². The molecule has 0 aromatic rings. The Labute approximate surface area is 74.9 Å². The normalized spacial score (nSPS) is 14.1. The first kappa shape index (κ1) is 11.4. The Morgan fingerprint density at radius 2 is 2.00 bits per heavy atom. The average Bonchev–Trinajstić information content (AvgIpc) is 2.04. The third kappa shape index (κ3) is 3.22. The van der Waals surface area contributed by atoms with Gasteiger partial charge in [-0.15, -0.1) is 0 Å². The Morgan fingerprint density at radius 3 is 2.33 bits per heavy atom. The molecule has 0 aromatic carbocycles. The van der Waals surface area contributed by atoms with Gasteiger partial charge in [-0.05, 0) is 34.2 Å². The number of hydrogen-bond acceptors (Lipinski definition) is 2. The summed E-state index contributed by atoms with van der Waals surface area (Å²) in [5.41, 5.74) is -0.489. The predicted octanol–water partition coefficient (Wildman–Crippen LogP) is 0.713. The van der Waals surface area contributed by atoms with Gasteiger partial charge in [-0.1, -0.05) is 6.92 Å². The number of nitrogens with one attached hydrogen (secondary N) is 2.